The van der Waals surface area contributed by atoms with Crippen LogP contribution in [0.1, 0.15) is 22.5 Å². The molecule has 2 N–H and O–H groups in total. The normalized spacial score (nSPS) is 12.0. The Labute approximate surface area is 391 Å². The predicted octanol–water partition coefficient (Wildman–Crippen LogP) is 7.55. The van der Waals surface area contributed by atoms with Crippen LogP contribution < -0.4 is 29.6 Å². The molecule has 0 aliphatic rings. The summed E-state index contributed by atoms with van der Waals surface area (Å²) >= 11 is 0. The van der Waals surface area contributed by atoms with Crippen molar-refractivity contribution in [2.45, 2.75) is 13.2 Å². The number of aromatic nitrogens is 6. The molecular weight excluding hydrogens is 865 g/mol. The number of ether oxygens (including phenoxy) is 8. The maximum Gasteiger partial charge on any atom is 0.163 e. The molecule has 342 valence electrons. The molecule has 0 bridgehead atoms. The summed E-state index contributed by atoms with van der Waals surface area (Å²) in [6, 6.07) is 27.5. The van der Waals surface area contributed by atoms with Crippen LogP contribution in [0.5, 0.6) is 23.0 Å². The van der Waals surface area contributed by atoms with Gasteiger partial charge in [0, 0.05) is 35.0 Å². The number of hydrogen-bond donors (Lipinski definition) is 2. The number of nitrogens with zero attached hydrogens (tertiary/aromatic N) is 6. The third-order valence-corrected chi connectivity index (χ3v) is 11.0. The number of fused-ring (bicyclic) bond motifs is 3. The van der Waals surface area contributed by atoms with E-state index in [2.05, 4.69) is 35.3 Å². The van der Waals surface area contributed by atoms with Gasteiger partial charge >= 0.3 is 0 Å². The molecular formula is C52H46N8O8. The quantitative estimate of drug-likeness (QED) is 0.0560. The van der Waals surface area contributed by atoms with Crippen molar-refractivity contribution < 1.29 is 37.9 Å². The van der Waals surface area contributed by atoms with Crippen molar-refractivity contribution in [1.29, 1.82) is 10.5 Å². The summed E-state index contributed by atoms with van der Waals surface area (Å²) < 4.78 is 44.2. The first kappa shape index (κ1) is 45.9. The van der Waals surface area contributed by atoms with Crippen LogP contribution >= 0.6 is 0 Å². The van der Waals surface area contributed by atoms with Gasteiger partial charge in [-0.1, -0.05) is 61.7 Å². The highest BCUT2D eigenvalue weighted by molar-refractivity contribution is 6.07. The number of rotatable bonds is 20. The molecule has 0 unspecified atom stereocenters. The van der Waals surface area contributed by atoms with Crippen LogP contribution in [0.4, 0.5) is 0 Å². The fourth-order valence-corrected chi connectivity index (χ4v) is 7.76. The standard InChI is InChI=1S/C52H46N8O8/c1-7-65-17-19-67-29-31-9-13-33(14-10-31)49-47-48(52(59-49)36(26-54)42-28-56-38-22-44(62-4)46(64-6)24-40(38)58-42)50(34-15-11-32(12-16-34)30-68-20-18-66-8-2)60-51(47)35(25-53)41-27-55-37-21-43(61-3)45(63-5)23-39(37)57-41/h7-16,21-24,27-28,59-60H,1-2,17-20,29-30H2,3-6H3/b51-35-,52-36-. The lowest BCUT2D eigenvalue weighted by molar-refractivity contribution is 0.0750. The van der Waals surface area contributed by atoms with E-state index >= 15 is 0 Å². The molecule has 0 atom stereocenters. The van der Waals surface area contributed by atoms with E-state index in [9.17, 15) is 10.5 Å². The van der Waals surface area contributed by atoms with Crippen LogP contribution in [-0.4, -0.2) is 84.8 Å². The van der Waals surface area contributed by atoms with E-state index in [0.717, 1.165) is 22.3 Å². The van der Waals surface area contributed by atoms with Gasteiger partial charge in [-0.2, -0.15) is 10.5 Å². The predicted molar refractivity (Wildman–Crippen MR) is 256 cm³/mol. The Morgan fingerprint density at radius 2 is 0.912 bits per heavy atom. The van der Waals surface area contributed by atoms with E-state index < -0.39 is 0 Å². The van der Waals surface area contributed by atoms with Gasteiger partial charge in [-0.05, 0) is 22.3 Å². The third-order valence-electron chi connectivity index (χ3n) is 11.0. The lowest BCUT2D eigenvalue weighted by Gasteiger charge is -2.09. The molecule has 0 saturated heterocycles. The van der Waals surface area contributed by atoms with Gasteiger partial charge in [0.15, 0.2) is 23.0 Å². The number of H-pyrrole nitrogens is 2. The summed E-state index contributed by atoms with van der Waals surface area (Å²) in [5.74, 6) is 1.90. The SMILES string of the molecule is C=COCCOCc1ccc(-c2[nH]/c(=C(/C#N)c3cnc4cc(OC)c(OC)cc4n3)c3c(-c4ccc(COCCOC=C)cc4)[nH]/c(=C(/C#N)c4cnc5cc(OC)c(OC)cc5n4)c23)cc1. The summed E-state index contributed by atoms with van der Waals surface area (Å²) in [5.41, 5.74) is 7.64. The average Bonchev–Trinajstić information content (AvgIpc) is 3.95. The molecule has 0 aliphatic carbocycles. The molecule has 68 heavy (non-hydrogen) atoms. The highest BCUT2D eigenvalue weighted by atomic mass is 16.5. The Bertz CT molecular complexity index is 3140. The second-order valence-corrected chi connectivity index (χ2v) is 14.9. The van der Waals surface area contributed by atoms with E-state index in [0.29, 0.717) is 129 Å². The molecule has 0 amide bonds. The van der Waals surface area contributed by atoms with Gasteiger partial charge in [0.2, 0.25) is 0 Å². The van der Waals surface area contributed by atoms with Gasteiger partial charge in [0.25, 0.3) is 0 Å². The van der Waals surface area contributed by atoms with Crippen LogP contribution in [0.2, 0.25) is 0 Å². The average molecular weight is 911 g/mol. The number of nitrogens with one attached hydrogen (secondary N) is 2. The van der Waals surface area contributed by atoms with Gasteiger partial charge in [-0.15, -0.1) is 0 Å². The Hall–Kier alpha value is -8.70. The molecule has 16 heteroatoms. The largest absolute Gasteiger partial charge is 0.499 e. The van der Waals surface area contributed by atoms with Gasteiger partial charge in [-0.25, -0.2) is 9.97 Å². The maximum absolute atomic E-state index is 11.2. The molecule has 0 fully saturated rings. The van der Waals surface area contributed by atoms with Crippen molar-refractivity contribution in [2.75, 3.05) is 54.9 Å². The fourth-order valence-electron chi connectivity index (χ4n) is 7.76. The van der Waals surface area contributed by atoms with Gasteiger partial charge < -0.3 is 47.9 Å². The molecule has 4 heterocycles. The minimum absolute atomic E-state index is 0.195. The van der Waals surface area contributed by atoms with Crippen LogP contribution in [0.15, 0.2) is 111 Å². The summed E-state index contributed by atoms with van der Waals surface area (Å²) in [6.07, 6.45) is 5.86. The van der Waals surface area contributed by atoms with Gasteiger partial charge in [0.05, 0.1) is 124 Å². The fraction of sp³-hybridized carbons (Fsp3) is 0.192. The minimum atomic E-state index is 0.195. The Morgan fingerprint density at radius 3 is 1.25 bits per heavy atom. The second-order valence-electron chi connectivity index (χ2n) is 14.9. The van der Waals surface area contributed by atoms with Crippen LogP contribution in [0.3, 0.4) is 0 Å². The number of benzene rings is 4. The van der Waals surface area contributed by atoms with E-state index in [4.69, 9.17) is 57.8 Å². The first-order valence-corrected chi connectivity index (χ1v) is 21.3. The molecule has 8 rings (SSSR count). The monoisotopic (exact) mass is 910 g/mol. The van der Waals surface area contributed by atoms with Crippen molar-refractivity contribution in [3.63, 3.8) is 0 Å². The molecule has 0 saturated carbocycles. The smallest absolute Gasteiger partial charge is 0.163 e. The summed E-state index contributed by atoms with van der Waals surface area (Å²) in [6.45, 7) is 9.39. The van der Waals surface area contributed by atoms with Crippen molar-refractivity contribution in [3.8, 4) is 57.7 Å². The second kappa shape index (κ2) is 21.1. The zero-order chi connectivity index (χ0) is 47.6. The number of aromatic amines is 2. The molecule has 8 aromatic rings. The van der Waals surface area contributed by atoms with Crippen LogP contribution in [-0.2, 0) is 32.2 Å². The third kappa shape index (κ3) is 9.36. The highest BCUT2D eigenvalue weighted by Gasteiger charge is 2.24. The first-order chi connectivity index (χ1) is 33.4. The Morgan fingerprint density at radius 1 is 0.544 bits per heavy atom. The van der Waals surface area contributed by atoms with E-state index in [1.54, 1.807) is 50.9 Å². The summed E-state index contributed by atoms with van der Waals surface area (Å²) in [5, 5.41) is 24.5. The van der Waals surface area contributed by atoms with Crippen molar-refractivity contribution >= 4 is 44.0 Å². The number of hydrogen-bond acceptors (Lipinski definition) is 14. The molecule has 4 aromatic carbocycles. The van der Waals surface area contributed by atoms with Crippen LogP contribution in [0, 0.1) is 22.7 Å². The van der Waals surface area contributed by atoms with Crippen molar-refractivity contribution in [2.24, 2.45) is 0 Å². The van der Waals surface area contributed by atoms with Crippen molar-refractivity contribution in [3.05, 3.63) is 144 Å². The van der Waals surface area contributed by atoms with Gasteiger partial charge in [-0.3, -0.25) is 9.97 Å². The molecule has 0 spiro atoms. The van der Waals surface area contributed by atoms with Crippen LogP contribution in [0.25, 0.3) is 66.5 Å². The van der Waals surface area contributed by atoms with Gasteiger partial charge in [0.1, 0.15) is 47.9 Å². The Kier molecular flexibility index (Phi) is 14.2. The lowest BCUT2D eigenvalue weighted by atomic mass is 10.0. The molecule has 0 aliphatic heterocycles. The molecule has 0 radical (unpaired) electrons. The van der Waals surface area contributed by atoms with Crippen molar-refractivity contribution in [1.82, 2.24) is 29.9 Å². The molecule has 16 nitrogen and oxygen atoms in total. The maximum atomic E-state index is 11.2. The minimum Gasteiger partial charge on any atom is -0.499 e. The number of methoxy groups -OCH3 is 4. The van der Waals surface area contributed by atoms with E-state index in [1.807, 2.05) is 48.5 Å². The topological polar surface area (TPSA) is 205 Å². The Balaban J connectivity index is 1.42. The zero-order valence-electron chi connectivity index (χ0n) is 37.8. The summed E-state index contributed by atoms with van der Waals surface area (Å²) in [7, 11) is 6.17. The van der Waals surface area contributed by atoms with E-state index in [-0.39, 0.29) is 11.1 Å². The lowest BCUT2D eigenvalue weighted by Crippen LogP contribution is -2.12. The van der Waals surface area contributed by atoms with E-state index in [1.165, 1.54) is 26.7 Å². The number of nitriles is 2. The first-order valence-electron chi connectivity index (χ1n) is 21.3. The highest BCUT2D eigenvalue weighted by Crippen LogP contribution is 2.35. The summed E-state index contributed by atoms with van der Waals surface area (Å²) in [4.78, 5) is 26.5. The zero-order valence-corrected chi connectivity index (χ0v) is 37.8. The molecule has 4 aromatic heterocycles.